The molecular formula is C17H20FN5O2S. The molecule has 2 heterocycles. The molecule has 0 spiro atoms. The van der Waals surface area contributed by atoms with E-state index < -0.39 is 0 Å². The number of amides is 1. The molecule has 0 saturated heterocycles. The van der Waals surface area contributed by atoms with E-state index in [1.165, 1.54) is 35.3 Å². The predicted molar refractivity (Wildman–Crippen MR) is 99.6 cm³/mol. The van der Waals surface area contributed by atoms with E-state index >= 15 is 0 Å². The van der Waals surface area contributed by atoms with Crippen molar-refractivity contribution < 1.29 is 13.9 Å². The Bertz CT molecular complexity index is 937. The van der Waals surface area contributed by atoms with E-state index in [0.717, 1.165) is 0 Å². The summed E-state index contributed by atoms with van der Waals surface area (Å²) in [5, 5.41) is 4.66. The van der Waals surface area contributed by atoms with Crippen LogP contribution < -0.4 is 9.64 Å². The zero-order valence-corrected chi connectivity index (χ0v) is 15.9. The van der Waals surface area contributed by atoms with Crippen molar-refractivity contribution in [3.63, 3.8) is 0 Å². The zero-order valence-electron chi connectivity index (χ0n) is 15.1. The Hall–Kier alpha value is -2.52. The van der Waals surface area contributed by atoms with Gasteiger partial charge in [-0.3, -0.25) is 14.4 Å². The minimum atomic E-state index is -0.326. The highest BCUT2D eigenvalue weighted by Crippen LogP contribution is 2.31. The predicted octanol–water partition coefficient (Wildman–Crippen LogP) is 2.39. The smallest absolute Gasteiger partial charge is 0.267 e. The van der Waals surface area contributed by atoms with Crippen LogP contribution in [0.2, 0.25) is 0 Å². The van der Waals surface area contributed by atoms with Crippen LogP contribution in [-0.2, 0) is 7.05 Å². The molecule has 0 atom stereocenters. The molecule has 2 aromatic heterocycles. The number of aryl methyl sites for hydroxylation is 1. The standard InChI is InChI=1S/C17H20FN5O2S/c1-21(2)7-8-23(16(24)12-10-22(3)20-15(12)25-4)17-19-13-6-5-11(18)9-14(13)26-17/h5-6,9-10H,7-8H2,1-4H3. The number of hydrogen-bond acceptors (Lipinski definition) is 6. The van der Waals surface area contributed by atoms with Gasteiger partial charge in [0.05, 0.1) is 17.3 Å². The average Bonchev–Trinajstić information content (AvgIpc) is 3.17. The SMILES string of the molecule is COc1nn(C)cc1C(=O)N(CCN(C)C)c1nc2ccc(F)cc2s1. The third kappa shape index (κ3) is 3.68. The Kier molecular flexibility index (Phi) is 5.19. The largest absolute Gasteiger partial charge is 0.479 e. The van der Waals surface area contributed by atoms with E-state index in [1.807, 2.05) is 19.0 Å². The van der Waals surface area contributed by atoms with Gasteiger partial charge in [-0.05, 0) is 32.3 Å². The van der Waals surface area contributed by atoms with Crippen molar-refractivity contribution in [2.24, 2.45) is 7.05 Å². The molecule has 0 aliphatic carbocycles. The number of hydrogen-bond donors (Lipinski definition) is 0. The molecule has 0 radical (unpaired) electrons. The molecule has 0 N–H and O–H groups in total. The highest BCUT2D eigenvalue weighted by Gasteiger charge is 2.26. The highest BCUT2D eigenvalue weighted by molar-refractivity contribution is 7.22. The van der Waals surface area contributed by atoms with Crippen molar-refractivity contribution in [2.75, 3.05) is 39.2 Å². The number of carbonyl (C=O) groups is 1. The van der Waals surface area contributed by atoms with E-state index in [4.69, 9.17) is 4.74 Å². The van der Waals surface area contributed by atoms with Crippen LogP contribution in [-0.4, -0.2) is 59.9 Å². The molecule has 0 fully saturated rings. The Balaban J connectivity index is 2.01. The summed E-state index contributed by atoms with van der Waals surface area (Å²) < 4.78 is 20.9. The molecular weight excluding hydrogens is 357 g/mol. The lowest BCUT2D eigenvalue weighted by atomic mass is 10.3. The van der Waals surface area contributed by atoms with Gasteiger partial charge >= 0.3 is 0 Å². The molecule has 0 saturated carbocycles. The second-order valence-corrected chi connectivity index (χ2v) is 7.10. The first kappa shape index (κ1) is 18.3. The monoisotopic (exact) mass is 377 g/mol. The van der Waals surface area contributed by atoms with Crippen LogP contribution in [0.4, 0.5) is 9.52 Å². The summed E-state index contributed by atoms with van der Waals surface area (Å²) in [5.41, 5.74) is 1.02. The molecule has 0 bridgehead atoms. The van der Waals surface area contributed by atoms with Crippen LogP contribution in [0.5, 0.6) is 5.88 Å². The summed E-state index contributed by atoms with van der Waals surface area (Å²) in [6.07, 6.45) is 1.62. The second-order valence-electron chi connectivity index (χ2n) is 6.09. The minimum absolute atomic E-state index is 0.253. The van der Waals surface area contributed by atoms with Gasteiger partial charge in [-0.2, -0.15) is 0 Å². The fourth-order valence-corrected chi connectivity index (χ4v) is 3.51. The van der Waals surface area contributed by atoms with E-state index in [0.29, 0.717) is 34.0 Å². The van der Waals surface area contributed by atoms with Gasteiger partial charge in [0.15, 0.2) is 5.13 Å². The molecule has 7 nitrogen and oxygen atoms in total. The molecule has 1 amide bonds. The number of ether oxygens (including phenoxy) is 1. The number of halogens is 1. The molecule has 1 aromatic carbocycles. The van der Waals surface area contributed by atoms with Crippen molar-refractivity contribution in [2.45, 2.75) is 0 Å². The number of methoxy groups -OCH3 is 1. The number of rotatable bonds is 6. The van der Waals surface area contributed by atoms with Gasteiger partial charge < -0.3 is 9.64 Å². The Morgan fingerprint density at radius 2 is 2.12 bits per heavy atom. The third-order valence-corrected chi connectivity index (χ3v) is 4.85. The first-order chi connectivity index (χ1) is 12.4. The fourth-order valence-electron chi connectivity index (χ4n) is 2.50. The number of benzene rings is 1. The normalized spacial score (nSPS) is 11.3. The van der Waals surface area contributed by atoms with Gasteiger partial charge in [0.2, 0.25) is 5.88 Å². The van der Waals surface area contributed by atoms with E-state index in [-0.39, 0.29) is 17.6 Å². The number of fused-ring (bicyclic) bond motifs is 1. The van der Waals surface area contributed by atoms with E-state index in [2.05, 4.69) is 10.1 Å². The lowest BCUT2D eigenvalue weighted by molar-refractivity contribution is 0.0982. The summed E-state index contributed by atoms with van der Waals surface area (Å²) >= 11 is 1.28. The second kappa shape index (κ2) is 7.38. The van der Waals surface area contributed by atoms with Crippen LogP contribution in [0.15, 0.2) is 24.4 Å². The highest BCUT2D eigenvalue weighted by atomic mass is 32.1. The van der Waals surface area contributed by atoms with E-state index in [9.17, 15) is 9.18 Å². The minimum Gasteiger partial charge on any atom is -0.479 e. The van der Waals surface area contributed by atoms with Crippen molar-refractivity contribution >= 4 is 32.6 Å². The Morgan fingerprint density at radius 1 is 1.35 bits per heavy atom. The van der Waals surface area contributed by atoms with Crippen LogP contribution >= 0.6 is 11.3 Å². The number of aromatic nitrogens is 3. The molecule has 3 rings (SSSR count). The molecule has 138 valence electrons. The lowest BCUT2D eigenvalue weighted by Gasteiger charge is -2.21. The zero-order chi connectivity index (χ0) is 18.8. The van der Waals surface area contributed by atoms with Crippen molar-refractivity contribution in [3.05, 3.63) is 35.8 Å². The number of anilines is 1. The summed E-state index contributed by atoms with van der Waals surface area (Å²) in [7, 11) is 7.07. The average molecular weight is 377 g/mol. The first-order valence-corrected chi connectivity index (χ1v) is 8.81. The van der Waals surface area contributed by atoms with Gasteiger partial charge in [-0.1, -0.05) is 11.3 Å². The topological polar surface area (TPSA) is 63.5 Å². The number of carbonyl (C=O) groups excluding carboxylic acids is 1. The summed E-state index contributed by atoms with van der Waals surface area (Å²) in [6.45, 7) is 1.09. The number of thiazole rings is 1. The maximum absolute atomic E-state index is 13.5. The van der Waals surface area contributed by atoms with Crippen molar-refractivity contribution in [3.8, 4) is 5.88 Å². The van der Waals surface area contributed by atoms with Crippen LogP contribution in [0.1, 0.15) is 10.4 Å². The molecule has 3 aromatic rings. The van der Waals surface area contributed by atoms with Gasteiger partial charge in [-0.25, -0.2) is 9.37 Å². The molecule has 0 aliphatic rings. The van der Waals surface area contributed by atoms with Crippen molar-refractivity contribution in [1.82, 2.24) is 19.7 Å². The third-order valence-electron chi connectivity index (χ3n) is 3.80. The Labute approximate surface area is 154 Å². The lowest BCUT2D eigenvalue weighted by Crippen LogP contribution is -2.36. The number of nitrogens with zero attached hydrogens (tertiary/aromatic N) is 5. The molecule has 9 heteroatoms. The maximum Gasteiger partial charge on any atom is 0.267 e. The van der Waals surface area contributed by atoms with Gasteiger partial charge in [-0.15, -0.1) is 5.10 Å². The van der Waals surface area contributed by atoms with E-state index in [1.54, 1.807) is 24.2 Å². The fraction of sp³-hybridized carbons (Fsp3) is 0.353. The molecule has 0 unspecified atom stereocenters. The van der Waals surface area contributed by atoms with Gasteiger partial charge in [0.1, 0.15) is 11.4 Å². The van der Waals surface area contributed by atoms with Crippen LogP contribution in [0.25, 0.3) is 10.2 Å². The summed E-state index contributed by atoms with van der Waals surface area (Å²) in [5.74, 6) is -0.316. The quantitative estimate of drug-likeness (QED) is 0.660. The first-order valence-electron chi connectivity index (χ1n) is 7.99. The van der Waals surface area contributed by atoms with Crippen molar-refractivity contribution in [1.29, 1.82) is 0 Å². The Morgan fingerprint density at radius 3 is 2.81 bits per heavy atom. The van der Waals surface area contributed by atoms with Crippen LogP contribution in [0, 0.1) is 5.82 Å². The van der Waals surface area contributed by atoms with Gasteiger partial charge in [0, 0.05) is 26.3 Å². The maximum atomic E-state index is 13.5. The molecule has 0 aliphatic heterocycles. The summed E-state index contributed by atoms with van der Waals surface area (Å²) in [4.78, 5) is 21.2. The molecule has 26 heavy (non-hydrogen) atoms. The van der Waals surface area contributed by atoms with Crippen LogP contribution in [0.3, 0.4) is 0 Å². The number of likely N-dealkylation sites (N-methyl/N-ethyl adjacent to an activating group) is 1. The van der Waals surface area contributed by atoms with Gasteiger partial charge in [0.25, 0.3) is 5.91 Å². The summed E-state index contributed by atoms with van der Waals surface area (Å²) in [6, 6.07) is 4.40.